The summed E-state index contributed by atoms with van der Waals surface area (Å²) in [5.74, 6) is -1.91. The van der Waals surface area contributed by atoms with Crippen LogP contribution in [-0.4, -0.2) is 99.3 Å². The maximum absolute atomic E-state index is 13.3. The standard InChI is InChI=1S/C25H31N5O7/c1-2-37-25(36)30-13-11-29(12-14-30)24(35)19(8-9-21(32)33)28-23(34)20-16-18(10-15-31)26-22(27-20)17-6-4-3-5-7-17/h3-7,16,19,31H,2,8-15H2,1H3,(H,28,34)(H,32,33). The Balaban J connectivity index is 1.77. The van der Waals surface area contributed by atoms with Gasteiger partial charge >= 0.3 is 12.1 Å². The summed E-state index contributed by atoms with van der Waals surface area (Å²) in [4.78, 5) is 61.4. The second kappa shape index (κ2) is 13.3. The van der Waals surface area contributed by atoms with Crippen molar-refractivity contribution in [2.75, 3.05) is 39.4 Å². The molecule has 1 aliphatic heterocycles. The molecule has 0 spiro atoms. The van der Waals surface area contributed by atoms with Gasteiger partial charge in [0.25, 0.3) is 5.91 Å². The van der Waals surface area contributed by atoms with Gasteiger partial charge in [0, 0.05) is 56.9 Å². The van der Waals surface area contributed by atoms with Crippen LogP contribution in [0.1, 0.15) is 35.9 Å². The summed E-state index contributed by atoms with van der Waals surface area (Å²) in [7, 11) is 0. The average Bonchev–Trinajstić information content (AvgIpc) is 2.91. The van der Waals surface area contributed by atoms with E-state index in [1.165, 1.54) is 15.9 Å². The normalized spacial score (nSPS) is 14.1. The van der Waals surface area contributed by atoms with Crippen molar-refractivity contribution in [2.24, 2.45) is 0 Å². The van der Waals surface area contributed by atoms with Crippen LogP contribution < -0.4 is 5.32 Å². The SMILES string of the molecule is CCOC(=O)N1CCN(C(=O)C(CCC(=O)O)NC(=O)c2cc(CCO)nc(-c3ccccc3)n2)CC1. The molecular weight excluding hydrogens is 482 g/mol. The highest BCUT2D eigenvalue weighted by Gasteiger charge is 2.31. The summed E-state index contributed by atoms with van der Waals surface area (Å²) < 4.78 is 4.99. The molecule has 0 bridgehead atoms. The molecular formula is C25H31N5O7. The van der Waals surface area contributed by atoms with Crippen LogP contribution in [0.5, 0.6) is 0 Å². The second-order valence-electron chi connectivity index (χ2n) is 8.38. The van der Waals surface area contributed by atoms with Crippen LogP contribution in [-0.2, 0) is 20.7 Å². The fraction of sp³-hybridized carbons (Fsp3) is 0.440. The molecule has 1 fully saturated rings. The van der Waals surface area contributed by atoms with E-state index in [4.69, 9.17) is 9.84 Å². The van der Waals surface area contributed by atoms with Crippen molar-refractivity contribution in [3.05, 3.63) is 47.8 Å². The van der Waals surface area contributed by atoms with Crippen molar-refractivity contribution in [3.63, 3.8) is 0 Å². The minimum absolute atomic E-state index is 0.00226. The molecule has 37 heavy (non-hydrogen) atoms. The van der Waals surface area contributed by atoms with Gasteiger partial charge in [-0.25, -0.2) is 14.8 Å². The number of aromatic nitrogens is 2. The van der Waals surface area contributed by atoms with E-state index in [0.717, 1.165) is 0 Å². The fourth-order valence-electron chi connectivity index (χ4n) is 3.87. The summed E-state index contributed by atoms with van der Waals surface area (Å²) in [6.07, 6.45) is -0.691. The molecule has 1 saturated heterocycles. The van der Waals surface area contributed by atoms with Gasteiger partial charge in [-0.3, -0.25) is 14.4 Å². The van der Waals surface area contributed by atoms with E-state index < -0.39 is 29.9 Å². The third-order valence-corrected chi connectivity index (χ3v) is 5.78. The van der Waals surface area contributed by atoms with Crippen molar-refractivity contribution in [3.8, 4) is 11.4 Å². The van der Waals surface area contributed by atoms with Gasteiger partial charge in [-0.15, -0.1) is 0 Å². The molecule has 12 nitrogen and oxygen atoms in total. The number of nitrogens with one attached hydrogen (secondary N) is 1. The summed E-state index contributed by atoms with van der Waals surface area (Å²) in [5, 5.41) is 21.2. The minimum Gasteiger partial charge on any atom is -0.481 e. The summed E-state index contributed by atoms with van der Waals surface area (Å²) >= 11 is 0. The molecule has 1 aromatic heterocycles. The molecule has 1 unspecified atom stereocenters. The third kappa shape index (κ3) is 7.71. The van der Waals surface area contributed by atoms with Gasteiger partial charge in [0.1, 0.15) is 11.7 Å². The number of carboxylic acid groups (broad SMARTS) is 1. The van der Waals surface area contributed by atoms with Crippen LogP contribution in [0.25, 0.3) is 11.4 Å². The summed E-state index contributed by atoms with van der Waals surface area (Å²) in [6, 6.07) is 9.35. The number of amides is 3. The first-order chi connectivity index (χ1) is 17.8. The fourth-order valence-corrected chi connectivity index (χ4v) is 3.87. The quantitative estimate of drug-likeness (QED) is 0.420. The maximum Gasteiger partial charge on any atom is 0.409 e. The molecule has 1 aromatic carbocycles. The molecule has 1 atom stereocenters. The van der Waals surface area contributed by atoms with Crippen LogP contribution in [0.2, 0.25) is 0 Å². The first kappa shape index (κ1) is 27.5. The number of benzene rings is 1. The second-order valence-corrected chi connectivity index (χ2v) is 8.38. The topological polar surface area (TPSA) is 162 Å². The van der Waals surface area contributed by atoms with Crippen LogP contribution in [0.15, 0.2) is 36.4 Å². The Morgan fingerprint density at radius 3 is 2.35 bits per heavy atom. The number of carbonyl (C=O) groups excluding carboxylic acids is 3. The predicted molar refractivity (Wildman–Crippen MR) is 132 cm³/mol. The minimum atomic E-state index is -1.10. The van der Waals surface area contributed by atoms with Gasteiger partial charge in [-0.05, 0) is 19.4 Å². The van der Waals surface area contributed by atoms with E-state index in [0.29, 0.717) is 17.1 Å². The van der Waals surface area contributed by atoms with Crippen LogP contribution in [0, 0.1) is 0 Å². The number of hydrogen-bond donors (Lipinski definition) is 3. The molecule has 1 aliphatic rings. The largest absolute Gasteiger partial charge is 0.481 e. The Labute approximate surface area is 214 Å². The van der Waals surface area contributed by atoms with Crippen LogP contribution in [0.3, 0.4) is 0 Å². The molecule has 12 heteroatoms. The van der Waals surface area contributed by atoms with Crippen molar-refractivity contribution in [1.82, 2.24) is 25.1 Å². The number of aliphatic carboxylic acids is 1. The van der Waals surface area contributed by atoms with Crippen LogP contribution in [0.4, 0.5) is 4.79 Å². The zero-order chi connectivity index (χ0) is 26.8. The number of carboxylic acids is 1. The number of aliphatic hydroxyl groups is 1. The highest BCUT2D eigenvalue weighted by Crippen LogP contribution is 2.17. The van der Waals surface area contributed by atoms with Crippen molar-refractivity contribution < 1.29 is 34.1 Å². The molecule has 0 saturated carbocycles. The third-order valence-electron chi connectivity index (χ3n) is 5.78. The predicted octanol–water partition coefficient (Wildman–Crippen LogP) is 0.942. The maximum atomic E-state index is 13.3. The van der Waals surface area contributed by atoms with Gasteiger partial charge in [-0.1, -0.05) is 30.3 Å². The number of piperazine rings is 1. The molecule has 2 heterocycles. The van der Waals surface area contributed by atoms with E-state index in [1.807, 2.05) is 6.07 Å². The van der Waals surface area contributed by atoms with Gasteiger partial charge < -0.3 is 30.1 Å². The van der Waals surface area contributed by atoms with E-state index in [9.17, 15) is 24.3 Å². The lowest BCUT2D eigenvalue weighted by Gasteiger charge is -2.35. The lowest BCUT2D eigenvalue weighted by Crippen LogP contribution is -2.56. The Kier molecular flexibility index (Phi) is 9.90. The molecule has 0 aliphatic carbocycles. The van der Waals surface area contributed by atoms with Crippen LogP contribution >= 0.6 is 0 Å². The molecule has 2 aromatic rings. The number of ether oxygens (including phenoxy) is 1. The monoisotopic (exact) mass is 513 g/mol. The first-order valence-electron chi connectivity index (χ1n) is 12.1. The molecule has 0 radical (unpaired) electrons. The Morgan fingerprint density at radius 2 is 1.73 bits per heavy atom. The lowest BCUT2D eigenvalue weighted by atomic mass is 10.1. The smallest absolute Gasteiger partial charge is 0.409 e. The average molecular weight is 514 g/mol. The van der Waals surface area contributed by atoms with Gasteiger partial charge in [0.15, 0.2) is 5.82 Å². The van der Waals surface area contributed by atoms with Gasteiger partial charge in [-0.2, -0.15) is 0 Å². The molecule has 3 rings (SSSR count). The Morgan fingerprint density at radius 1 is 1.05 bits per heavy atom. The van der Waals surface area contributed by atoms with Crippen molar-refractivity contribution in [1.29, 1.82) is 0 Å². The number of nitrogens with zero attached hydrogens (tertiary/aromatic N) is 4. The molecule has 3 amide bonds. The Bertz CT molecular complexity index is 1100. The van der Waals surface area contributed by atoms with E-state index in [2.05, 4.69) is 15.3 Å². The molecule has 3 N–H and O–H groups in total. The zero-order valence-electron chi connectivity index (χ0n) is 20.6. The first-order valence-corrected chi connectivity index (χ1v) is 12.1. The van der Waals surface area contributed by atoms with E-state index in [1.54, 1.807) is 31.2 Å². The van der Waals surface area contributed by atoms with E-state index in [-0.39, 0.29) is 64.3 Å². The number of carbonyl (C=O) groups is 4. The molecule has 198 valence electrons. The number of aliphatic hydroxyl groups excluding tert-OH is 1. The summed E-state index contributed by atoms with van der Waals surface area (Å²) in [5.41, 5.74) is 1.12. The zero-order valence-corrected chi connectivity index (χ0v) is 20.6. The highest BCUT2D eigenvalue weighted by atomic mass is 16.6. The summed E-state index contributed by atoms with van der Waals surface area (Å²) in [6.45, 7) is 2.76. The number of hydrogen-bond acceptors (Lipinski definition) is 8. The number of rotatable bonds is 10. The van der Waals surface area contributed by atoms with Gasteiger partial charge in [0.05, 0.1) is 6.61 Å². The van der Waals surface area contributed by atoms with E-state index >= 15 is 0 Å². The Hall–Kier alpha value is -4.06. The highest BCUT2D eigenvalue weighted by molar-refractivity contribution is 5.96. The van der Waals surface area contributed by atoms with Crippen molar-refractivity contribution >= 4 is 23.9 Å². The van der Waals surface area contributed by atoms with Gasteiger partial charge in [0.2, 0.25) is 5.91 Å². The van der Waals surface area contributed by atoms with Crippen molar-refractivity contribution in [2.45, 2.75) is 32.2 Å². The lowest BCUT2D eigenvalue weighted by molar-refractivity contribution is -0.138.